The fourth-order valence-corrected chi connectivity index (χ4v) is 5.81. The van der Waals surface area contributed by atoms with E-state index in [-0.39, 0.29) is 12.1 Å². The summed E-state index contributed by atoms with van der Waals surface area (Å²) in [7, 11) is 0. The summed E-state index contributed by atoms with van der Waals surface area (Å²) in [4.78, 5) is 32.0. The number of β-amino-alcohol motifs (C(OH)–C–C–N with tert-alkyl or cyclic N) is 1. The smallest absolute Gasteiger partial charge is 0.279 e. The number of piperidine rings is 1. The van der Waals surface area contributed by atoms with Gasteiger partial charge < -0.3 is 9.94 Å². The number of rotatable bonds is 6. The summed E-state index contributed by atoms with van der Waals surface area (Å²) in [5.74, 6) is 0.997. The number of hydroxylamine groups is 1. The van der Waals surface area contributed by atoms with Gasteiger partial charge in [-0.25, -0.2) is 14.5 Å². The first-order valence-electron chi connectivity index (χ1n) is 11.4. The number of aliphatic hydroxyl groups is 1. The largest absolute Gasteiger partial charge is 0.391 e. The van der Waals surface area contributed by atoms with Crippen LogP contribution in [0.15, 0.2) is 40.2 Å². The molecule has 1 aromatic carbocycles. The first kappa shape index (κ1) is 22.7. The van der Waals surface area contributed by atoms with Crippen molar-refractivity contribution < 1.29 is 9.94 Å². The van der Waals surface area contributed by atoms with Gasteiger partial charge >= 0.3 is 0 Å². The van der Waals surface area contributed by atoms with Crippen LogP contribution in [0.5, 0.6) is 0 Å². The second-order valence-corrected chi connectivity index (χ2v) is 10.4. The highest BCUT2D eigenvalue weighted by Gasteiger charge is 2.47. The zero-order valence-corrected chi connectivity index (χ0v) is 20.2. The third kappa shape index (κ3) is 4.64. The summed E-state index contributed by atoms with van der Waals surface area (Å²) >= 11 is 7.53. The van der Waals surface area contributed by atoms with Crippen molar-refractivity contribution in [2.45, 2.75) is 44.4 Å². The van der Waals surface area contributed by atoms with E-state index in [0.29, 0.717) is 40.5 Å². The summed E-state index contributed by atoms with van der Waals surface area (Å²) in [6, 6.07) is 7.50. The number of halogens is 1. The van der Waals surface area contributed by atoms with Crippen LogP contribution in [-0.4, -0.2) is 62.8 Å². The Balaban J connectivity index is 1.59. The van der Waals surface area contributed by atoms with Crippen LogP contribution in [0.4, 0.5) is 5.95 Å². The Morgan fingerprint density at radius 3 is 2.73 bits per heavy atom. The molecule has 8 nitrogen and oxygen atoms in total. The van der Waals surface area contributed by atoms with Crippen molar-refractivity contribution in [1.82, 2.24) is 14.5 Å². The molecule has 3 aliphatic rings. The Morgan fingerprint density at radius 1 is 1.24 bits per heavy atom. The predicted molar refractivity (Wildman–Crippen MR) is 131 cm³/mol. The number of hydrogen-bond donors (Lipinski definition) is 1. The standard InChI is InChI=1S/C23H28ClN5O3S/c1-16(30)13-28-21-25-12-18(11-17-5-7-19(24)8-6-17)20(31)29(21)23(15-33-22(26-23)32-28)14-27-9-3-2-4-10-27/h5-8,12,16,30H,2-4,9-11,13-15H2,1H3. The number of anilines is 1. The molecule has 1 saturated heterocycles. The molecule has 4 heterocycles. The van der Waals surface area contributed by atoms with Gasteiger partial charge in [-0.1, -0.05) is 41.9 Å². The van der Waals surface area contributed by atoms with Crippen LogP contribution < -0.4 is 10.6 Å². The van der Waals surface area contributed by atoms with Crippen LogP contribution in [0.2, 0.25) is 5.02 Å². The Hall–Kier alpha value is -2.07. The highest BCUT2D eigenvalue weighted by molar-refractivity contribution is 8.13. The lowest BCUT2D eigenvalue weighted by atomic mass is 10.1. The average Bonchev–Trinajstić information content (AvgIpc) is 3.13. The Morgan fingerprint density at radius 2 is 2.00 bits per heavy atom. The monoisotopic (exact) mass is 489 g/mol. The van der Waals surface area contributed by atoms with E-state index in [9.17, 15) is 9.90 Å². The highest BCUT2D eigenvalue weighted by Crippen LogP contribution is 2.39. The summed E-state index contributed by atoms with van der Waals surface area (Å²) in [6.45, 7) is 4.49. The summed E-state index contributed by atoms with van der Waals surface area (Å²) in [5, 5.41) is 12.7. The maximum atomic E-state index is 14.0. The molecule has 0 spiro atoms. The van der Waals surface area contributed by atoms with E-state index < -0.39 is 11.8 Å². The highest BCUT2D eigenvalue weighted by atomic mass is 35.5. The van der Waals surface area contributed by atoms with Gasteiger partial charge in [0.1, 0.15) is 0 Å². The lowest BCUT2D eigenvalue weighted by Crippen LogP contribution is -2.52. The minimum atomic E-state index is -0.791. The van der Waals surface area contributed by atoms with Gasteiger partial charge in [-0.3, -0.25) is 9.69 Å². The van der Waals surface area contributed by atoms with E-state index in [4.69, 9.17) is 21.4 Å². The molecule has 0 amide bonds. The maximum Gasteiger partial charge on any atom is 0.279 e. The van der Waals surface area contributed by atoms with Gasteiger partial charge in [-0.05, 0) is 50.6 Å². The number of aliphatic hydroxyl groups excluding tert-OH is 1. The van der Waals surface area contributed by atoms with E-state index in [2.05, 4.69) is 9.88 Å². The normalized spacial score (nSPS) is 23.5. The van der Waals surface area contributed by atoms with Crippen LogP contribution in [0.3, 0.4) is 0 Å². The van der Waals surface area contributed by atoms with Crippen LogP contribution in [-0.2, 0) is 16.9 Å². The van der Waals surface area contributed by atoms with Crippen molar-refractivity contribution in [3.8, 4) is 0 Å². The minimum Gasteiger partial charge on any atom is -0.391 e. The number of nitrogens with zero attached hydrogens (tertiary/aromatic N) is 5. The van der Waals surface area contributed by atoms with Crippen molar-refractivity contribution in [3.63, 3.8) is 0 Å². The third-order valence-corrected chi connectivity index (χ3v) is 7.50. The van der Waals surface area contributed by atoms with Gasteiger partial charge in [0.2, 0.25) is 5.95 Å². The minimum absolute atomic E-state index is 0.126. The molecule has 0 aliphatic carbocycles. The predicted octanol–water partition coefficient (Wildman–Crippen LogP) is 2.86. The van der Waals surface area contributed by atoms with E-state index >= 15 is 0 Å². The van der Waals surface area contributed by atoms with E-state index in [1.165, 1.54) is 23.2 Å². The molecule has 2 bridgehead atoms. The van der Waals surface area contributed by atoms with Gasteiger partial charge in [0.25, 0.3) is 10.8 Å². The van der Waals surface area contributed by atoms with Crippen molar-refractivity contribution in [3.05, 3.63) is 57.0 Å². The number of thioether (sulfide) groups is 1. The van der Waals surface area contributed by atoms with Crippen LogP contribution in [0, 0.1) is 0 Å². The Bertz CT molecular complexity index is 1100. The maximum absolute atomic E-state index is 14.0. The Kier molecular flexibility index (Phi) is 6.39. The van der Waals surface area contributed by atoms with Gasteiger partial charge in [0.15, 0.2) is 5.66 Å². The summed E-state index contributed by atoms with van der Waals surface area (Å²) < 4.78 is 1.71. The molecule has 1 fully saturated rings. The number of fused-ring (bicyclic) bond motifs is 3. The molecule has 2 aromatic rings. The zero-order valence-electron chi connectivity index (χ0n) is 18.6. The molecule has 33 heavy (non-hydrogen) atoms. The van der Waals surface area contributed by atoms with Crippen molar-refractivity contribution in [1.29, 1.82) is 0 Å². The summed E-state index contributed by atoms with van der Waals surface area (Å²) in [5.41, 5.74) is 0.658. The topological polar surface area (TPSA) is 83.2 Å². The fraction of sp³-hybridized carbons (Fsp3) is 0.522. The summed E-state index contributed by atoms with van der Waals surface area (Å²) in [6.07, 6.45) is 4.95. The van der Waals surface area contributed by atoms with Crippen LogP contribution >= 0.6 is 23.4 Å². The first-order chi connectivity index (χ1) is 15.9. The quantitative estimate of drug-likeness (QED) is 0.668. The second-order valence-electron chi connectivity index (χ2n) is 9.01. The van der Waals surface area contributed by atoms with Gasteiger partial charge in [-0.2, -0.15) is 5.06 Å². The molecule has 5 rings (SSSR count). The van der Waals surface area contributed by atoms with Crippen LogP contribution in [0.1, 0.15) is 37.3 Å². The molecule has 0 saturated carbocycles. The third-order valence-electron chi connectivity index (χ3n) is 6.23. The number of aliphatic imine (C=N–C) groups is 1. The molecule has 1 aromatic heterocycles. The number of hydrogen-bond acceptors (Lipinski definition) is 8. The molecular weight excluding hydrogens is 462 g/mol. The van der Waals surface area contributed by atoms with Gasteiger partial charge in [0.05, 0.1) is 12.6 Å². The van der Waals surface area contributed by atoms with Crippen LogP contribution in [0.25, 0.3) is 0 Å². The molecular formula is C23H28ClN5O3S. The number of likely N-dealkylation sites (tertiary alicyclic amines) is 1. The lowest BCUT2D eigenvalue weighted by molar-refractivity contribution is 0.146. The molecule has 10 heteroatoms. The molecule has 0 radical (unpaired) electrons. The number of benzene rings is 1. The lowest BCUT2D eigenvalue weighted by Gasteiger charge is -2.37. The molecule has 176 valence electrons. The number of aromatic nitrogens is 2. The molecule has 2 unspecified atom stereocenters. The SMILES string of the molecule is CC(O)CN1OC2=NC(CN3CCCCC3)(CS2)n2c1ncc(Cc1ccc(Cl)cc1)c2=O. The van der Waals surface area contributed by atoms with E-state index in [1.54, 1.807) is 17.7 Å². The second kappa shape index (κ2) is 9.29. The van der Waals surface area contributed by atoms with E-state index in [1.807, 2.05) is 24.3 Å². The van der Waals surface area contributed by atoms with E-state index in [0.717, 1.165) is 31.5 Å². The molecule has 2 atom stereocenters. The first-order valence-corrected chi connectivity index (χ1v) is 12.7. The molecule has 3 aliphatic heterocycles. The Labute approximate surface area is 202 Å². The van der Waals surface area contributed by atoms with Crippen molar-refractivity contribution in [2.75, 3.05) is 37.0 Å². The van der Waals surface area contributed by atoms with Crippen molar-refractivity contribution in [2.24, 2.45) is 4.99 Å². The van der Waals surface area contributed by atoms with Gasteiger partial charge in [-0.15, -0.1) is 0 Å². The zero-order chi connectivity index (χ0) is 23.0. The molecule has 1 N–H and O–H groups in total. The van der Waals surface area contributed by atoms with Gasteiger partial charge in [0, 0.05) is 35.5 Å². The fourth-order valence-electron chi connectivity index (χ4n) is 4.67. The average molecular weight is 490 g/mol. The van der Waals surface area contributed by atoms with Crippen molar-refractivity contribution >= 4 is 34.5 Å².